The standard InChI is InChI=1S/C16H15ClN2O/c1-11(12-6-2-3-7-13(12)17)18-10-16-19-14-8-4-5-9-15(14)20-16/h2-9,11,18H,10H2,1H3/t11-/m0/s1. The summed E-state index contributed by atoms with van der Waals surface area (Å²) in [5.41, 5.74) is 2.77. The summed E-state index contributed by atoms with van der Waals surface area (Å²) in [7, 11) is 0. The van der Waals surface area contributed by atoms with E-state index in [1.165, 1.54) is 0 Å². The van der Waals surface area contributed by atoms with Gasteiger partial charge >= 0.3 is 0 Å². The molecule has 1 heterocycles. The van der Waals surface area contributed by atoms with Crippen molar-refractivity contribution in [3.8, 4) is 0 Å². The Bertz CT molecular complexity index is 690. The molecule has 0 fully saturated rings. The second-order valence-electron chi connectivity index (χ2n) is 4.70. The highest BCUT2D eigenvalue weighted by Gasteiger charge is 2.10. The van der Waals surface area contributed by atoms with Gasteiger partial charge in [-0.05, 0) is 30.7 Å². The molecule has 0 saturated carbocycles. The minimum atomic E-state index is 0.138. The second-order valence-corrected chi connectivity index (χ2v) is 5.11. The molecule has 1 N–H and O–H groups in total. The number of hydrogen-bond acceptors (Lipinski definition) is 3. The normalized spacial score (nSPS) is 12.7. The second kappa shape index (κ2) is 5.65. The third kappa shape index (κ3) is 2.69. The maximum Gasteiger partial charge on any atom is 0.209 e. The number of fused-ring (bicyclic) bond motifs is 1. The lowest BCUT2D eigenvalue weighted by Crippen LogP contribution is -2.18. The van der Waals surface area contributed by atoms with Crippen LogP contribution in [0, 0.1) is 0 Å². The van der Waals surface area contributed by atoms with E-state index < -0.39 is 0 Å². The predicted octanol–water partition coefficient (Wildman–Crippen LogP) is 4.33. The zero-order chi connectivity index (χ0) is 13.9. The van der Waals surface area contributed by atoms with E-state index in [1.54, 1.807) is 0 Å². The summed E-state index contributed by atoms with van der Waals surface area (Å²) in [6.45, 7) is 2.64. The molecule has 0 bridgehead atoms. The summed E-state index contributed by atoms with van der Waals surface area (Å²) < 4.78 is 5.68. The number of benzene rings is 2. The summed E-state index contributed by atoms with van der Waals surface area (Å²) in [6, 6.07) is 15.7. The molecular weight excluding hydrogens is 272 g/mol. The molecule has 20 heavy (non-hydrogen) atoms. The first-order valence-electron chi connectivity index (χ1n) is 6.56. The van der Waals surface area contributed by atoms with Gasteiger partial charge < -0.3 is 9.73 Å². The van der Waals surface area contributed by atoms with Crippen LogP contribution >= 0.6 is 11.6 Å². The van der Waals surface area contributed by atoms with Crippen LogP contribution in [0.15, 0.2) is 52.9 Å². The number of para-hydroxylation sites is 2. The van der Waals surface area contributed by atoms with Gasteiger partial charge in [0.25, 0.3) is 0 Å². The average Bonchev–Trinajstić information content (AvgIpc) is 2.88. The van der Waals surface area contributed by atoms with Gasteiger partial charge in [-0.25, -0.2) is 4.98 Å². The van der Waals surface area contributed by atoms with E-state index in [1.807, 2.05) is 48.5 Å². The maximum atomic E-state index is 6.19. The summed E-state index contributed by atoms with van der Waals surface area (Å²) in [6.07, 6.45) is 0. The fourth-order valence-electron chi connectivity index (χ4n) is 2.17. The van der Waals surface area contributed by atoms with E-state index in [0.29, 0.717) is 12.4 Å². The molecule has 1 atom stereocenters. The molecule has 102 valence electrons. The van der Waals surface area contributed by atoms with Crippen molar-refractivity contribution < 1.29 is 4.42 Å². The number of halogens is 1. The van der Waals surface area contributed by atoms with Gasteiger partial charge in [-0.2, -0.15) is 0 Å². The third-order valence-corrected chi connectivity index (χ3v) is 3.61. The molecule has 0 amide bonds. The van der Waals surface area contributed by atoms with Crippen molar-refractivity contribution in [3.05, 3.63) is 65.0 Å². The van der Waals surface area contributed by atoms with Crippen molar-refractivity contribution in [2.45, 2.75) is 19.5 Å². The molecule has 2 aromatic carbocycles. The van der Waals surface area contributed by atoms with Crippen molar-refractivity contribution in [1.82, 2.24) is 10.3 Å². The van der Waals surface area contributed by atoms with Gasteiger partial charge in [0.15, 0.2) is 5.58 Å². The molecular formula is C16H15ClN2O. The Kier molecular flexibility index (Phi) is 3.72. The van der Waals surface area contributed by atoms with Crippen molar-refractivity contribution in [1.29, 1.82) is 0 Å². The molecule has 3 nitrogen and oxygen atoms in total. The highest BCUT2D eigenvalue weighted by atomic mass is 35.5. The highest BCUT2D eigenvalue weighted by Crippen LogP contribution is 2.22. The molecule has 0 aliphatic rings. The first-order chi connectivity index (χ1) is 9.74. The Morgan fingerprint density at radius 3 is 2.70 bits per heavy atom. The van der Waals surface area contributed by atoms with Gasteiger partial charge in [-0.1, -0.05) is 41.9 Å². The highest BCUT2D eigenvalue weighted by molar-refractivity contribution is 6.31. The van der Waals surface area contributed by atoms with Gasteiger partial charge in [0.2, 0.25) is 5.89 Å². The summed E-state index contributed by atoms with van der Waals surface area (Å²) in [4.78, 5) is 4.44. The van der Waals surface area contributed by atoms with Gasteiger partial charge in [-0.3, -0.25) is 0 Å². The molecule has 0 unspecified atom stereocenters. The summed E-state index contributed by atoms with van der Waals surface area (Å²) in [5, 5.41) is 4.14. The number of nitrogens with one attached hydrogen (secondary N) is 1. The molecule has 0 aliphatic heterocycles. The molecule has 0 spiro atoms. The lowest BCUT2D eigenvalue weighted by molar-refractivity contribution is 0.467. The van der Waals surface area contributed by atoms with Crippen LogP contribution in [0.3, 0.4) is 0 Å². The van der Waals surface area contributed by atoms with Crippen molar-refractivity contribution in [2.75, 3.05) is 0 Å². The molecule has 3 rings (SSSR count). The third-order valence-electron chi connectivity index (χ3n) is 3.27. The SMILES string of the molecule is C[C@H](NCc1nc2ccccc2o1)c1ccccc1Cl. The van der Waals surface area contributed by atoms with Crippen LogP contribution in [0.25, 0.3) is 11.1 Å². The Balaban J connectivity index is 1.71. The van der Waals surface area contributed by atoms with Crippen LogP contribution in [0.1, 0.15) is 24.4 Å². The first-order valence-corrected chi connectivity index (χ1v) is 6.94. The van der Waals surface area contributed by atoms with Crippen LogP contribution in [0.4, 0.5) is 0 Å². The lowest BCUT2D eigenvalue weighted by Gasteiger charge is -2.14. The Morgan fingerprint density at radius 1 is 1.15 bits per heavy atom. The van der Waals surface area contributed by atoms with E-state index in [4.69, 9.17) is 16.0 Å². The van der Waals surface area contributed by atoms with Crippen molar-refractivity contribution in [3.63, 3.8) is 0 Å². The molecule has 0 saturated heterocycles. The summed E-state index contributed by atoms with van der Waals surface area (Å²) in [5.74, 6) is 0.685. The smallest absolute Gasteiger partial charge is 0.209 e. The van der Waals surface area contributed by atoms with Crippen LogP contribution in [0.2, 0.25) is 5.02 Å². The first kappa shape index (κ1) is 13.2. The maximum absolute atomic E-state index is 6.19. The number of aromatic nitrogens is 1. The minimum Gasteiger partial charge on any atom is -0.439 e. The predicted molar refractivity (Wildman–Crippen MR) is 80.7 cm³/mol. The van der Waals surface area contributed by atoms with Crippen LogP contribution in [-0.2, 0) is 6.54 Å². The van der Waals surface area contributed by atoms with E-state index in [9.17, 15) is 0 Å². The summed E-state index contributed by atoms with van der Waals surface area (Å²) >= 11 is 6.19. The van der Waals surface area contributed by atoms with E-state index in [-0.39, 0.29) is 6.04 Å². The topological polar surface area (TPSA) is 38.1 Å². The van der Waals surface area contributed by atoms with Gasteiger partial charge in [0, 0.05) is 11.1 Å². The zero-order valence-corrected chi connectivity index (χ0v) is 11.9. The minimum absolute atomic E-state index is 0.138. The van der Waals surface area contributed by atoms with Crippen LogP contribution in [0.5, 0.6) is 0 Å². The fraction of sp³-hybridized carbons (Fsp3) is 0.188. The molecule has 0 aliphatic carbocycles. The van der Waals surface area contributed by atoms with Crippen LogP contribution < -0.4 is 5.32 Å². The van der Waals surface area contributed by atoms with Crippen molar-refractivity contribution in [2.24, 2.45) is 0 Å². The number of hydrogen-bond donors (Lipinski definition) is 1. The zero-order valence-electron chi connectivity index (χ0n) is 11.1. The molecule has 4 heteroatoms. The fourth-order valence-corrected chi connectivity index (χ4v) is 2.47. The van der Waals surface area contributed by atoms with Crippen LogP contribution in [-0.4, -0.2) is 4.98 Å². The number of nitrogens with zero attached hydrogens (tertiary/aromatic N) is 1. The largest absolute Gasteiger partial charge is 0.439 e. The molecule has 1 aromatic heterocycles. The Morgan fingerprint density at radius 2 is 1.90 bits per heavy atom. The lowest BCUT2D eigenvalue weighted by atomic mass is 10.1. The molecule has 3 aromatic rings. The van der Waals surface area contributed by atoms with Gasteiger partial charge in [0.1, 0.15) is 5.52 Å². The van der Waals surface area contributed by atoms with Gasteiger partial charge in [0.05, 0.1) is 6.54 Å². The number of rotatable bonds is 4. The van der Waals surface area contributed by atoms with E-state index in [0.717, 1.165) is 21.7 Å². The van der Waals surface area contributed by atoms with E-state index >= 15 is 0 Å². The monoisotopic (exact) mass is 286 g/mol. The molecule has 0 radical (unpaired) electrons. The number of oxazole rings is 1. The Labute approximate surface area is 122 Å². The quantitative estimate of drug-likeness (QED) is 0.775. The van der Waals surface area contributed by atoms with Crippen molar-refractivity contribution >= 4 is 22.7 Å². The van der Waals surface area contributed by atoms with Gasteiger partial charge in [-0.15, -0.1) is 0 Å². The van der Waals surface area contributed by atoms with E-state index in [2.05, 4.69) is 17.2 Å². The average molecular weight is 287 g/mol. The Hall–Kier alpha value is -1.84.